The molecule has 1 nitrogen and oxygen atoms in total. The molecular formula is C17H20O. The molecule has 94 valence electrons. The van der Waals surface area contributed by atoms with Gasteiger partial charge in [0.2, 0.25) is 0 Å². The third-order valence-electron chi connectivity index (χ3n) is 3.57. The first-order valence-electron chi connectivity index (χ1n) is 6.42. The molecular weight excluding hydrogens is 220 g/mol. The van der Waals surface area contributed by atoms with E-state index in [1.54, 1.807) is 6.07 Å². The van der Waals surface area contributed by atoms with Crippen LogP contribution in [0.3, 0.4) is 0 Å². The number of rotatable bonds is 4. The molecule has 0 aliphatic heterocycles. The molecule has 0 spiro atoms. The lowest BCUT2D eigenvalue weighted by Crippen LogP contribution is -2.17. The summed E-state index contributed by atoms with van der Waals surface area (Å²) in [5.74, 6) is 0.404. The molecule has 0 fully saturated rings. The van der Waals surface area contributed by atoms with Gasteiger partial charge in [-0.3, -0.25) is 0 Å². The third kappa shape index (κ3) is 2.92. The van der Waals surface area contributed by atoms with Crippen molar-refractivity contribution in [2.24, 2.45) is 0 Å². The van der Waals surface area contributed by atoms with Crippen molar-refractivity contribution in [1.82, 2.24) is 0 Å². The molecule has 0 aliphatic rings. The summed E-state index contributed by atoms with van der Waals surface area (Å²) in [5.41, 5.74) is 2.51. The molecule has 0 heterocycles. The molecule has 2 aromatic carbocycles. The molecule has 0 bridgehead atoms. The molecule has 2 rings (SSSR count). The maximum atomic E-state index is 9.78. The lowest BCUT2D eigenvalue weighted by atomic mass is 9.79. The van der Waals surface area contributed by atoms with Crippen LogP contribution in [0.2, 0.25) is 0 Å². The fourth-order valence-corrected chi connectivity index (χ4v) is 2.20. The van der Waals surface area contributed by atoms with Gasteiger partial charge in [0, 0.05) is 0 Å². The van der Waals surface area contributed by atoms with E-state index in [0.29, 0.717) is 5.75 Å². The van der Waals surface area contributed by atoms with Gasteiger partial charge in [0.1, 0.15) is 5.75 Å². The second-order valence-corrected chi connectivity index (χ2v) is 5.38. The highest BCUT2D eigenvalue weighted by Crippen LogP contribution is 2.30. The van der Waals surface area contributed by atoms with Crippen molar-refractivity contribution in [2.75, 3.05) is 0 Å². The van der Waals surface area contributed by atoms with Crippen molar-refractivity contribution in [1.29, 1.82) is 0 Å². The zero-order valence-corrected chi connectivity index (χ0v) is 11.1. The van der Waals surface area contributed by atoms with Crippen LogP contribution in [-0.2, 0) is 11.8 Å². The van der Waals surface area contributed by atoms with Crippen LogP contribution in [0.5, 0.6) is 5.75 Å². The van der Waals surface area contributed by atoms with Crippen LogP contribution < -0.4 is 0 Å². The third-order valence-corrected chi connectivity index (χ3v) is 3.57. The predicted octanol–water partition coefficient (Wildman–Crippen LogP) is 4.30. The summed E-state index contributed by atoms with van der Waals surface area (Å²) in [6.45, 7) is 4.50. The van der Waals surface area contributed by atoms with Crippen LogP contribution in [0, 0.1) is 0 Å². The van der Waals surface area contributed by atoms with Gasteiger partial charge in [0.15, 0.2) is 0 Å². The van der Waals surface area contributed by atoms with Crippen molar-refractivity contribution in [3.05, 3.63) is 65.7 Å². The quantitative estimate of drug-likeness (QED) is 0.844. The minimum Gasteiger partial charge on any atom is -0.508 e. The fourth-order valence-electron chi connectivity index (χ4n) is 2.20. The largest absolute Gasteiger partial charge is 0.508 e. The first-order valence-corrected chi connectivity index (χ1v) is 6.42. The Labute approximate surface area is 109 Å². The minimum atomic E-state index is 0.129. The number of hydrogen-bond donors (Lipinski definition) is 1. The molecule has 0 radical (unpaired) electrons. The molecule has 0 amide bonds. The Morgan fingerprint density at radius 2 is 1.50 bits per heavy atom. The zero-order valence-electron chi connectivity index (χ0n) is 11.1. The highest BCUT2D eigenvalue weighted by molar-refractivity contribution is 5.32. The Morgan fingerprint density at radius 3 is 2.17 bits per heavy atom. The Morgan fingerprint density at radius 1 is 0.889 bits per heavy atom. The van der Waals surface area contributed by atoms with Crippen LogP contribution >= 0.6 is 0 Å². The van der Waals surface area contributed by atoms with Crippen molar-refractivity contribution in [3.8, 4) is 5.75 Å². The summed E-state index contributed by atoms with van der Waals surface area (Å²) in [6.07, 6.45) is 1.92. The van der Waals surface area contributed by atoms with Gasteiger partial charge in [0.25, 0.3) is 0 Å². The van der Waals surface area contributed by atoms with E-state index in [-0.39, 0.29) is 5.41 Å². The van der Waals surface area contributed by atoms with Crippen LogP contribution in [0.4, 0.5) is 0 Å². The number of para-hydroxylation sites is 1. The molecule has 2 aromatic rings. The van der Waals surface area contributed by atoms with E-state index in [4.69, 9.17) is 0 Å². The van der Waals surface area contributed by atoms with E-state index < -0.39 is 0 Å². The van der Waals surface area contributed by atoms with E-state index in [1.165, 1.54) is 5.56 Å². The number of benzene rings is 2. The van der Waals surface area contributed by atoms with Crippen molar-refractivity contribution in [2.45, 2.75) is 32.1 Å². The van der Waals surface area contributed by atoms with Gasteiger partial charge in [-0.05, 0) is 35.4 Å². The van der Waals surface area contributed by atoms with Gasteiger partial charge in [-0.2, -0.15) is 0 Å². The Bertz CT molecular complexity index is 500. The fraction of sp³-hybridized carbons (Fsp3) is 0.294. The lowest BCUT2D eigenvalue weighted by Gasteiger charge is -2.25. The number of phenolic OH excluding ortho intramolecular Hbond substituents is 1. The first kappa shape index (κ1) is 12.7. The maximum absolute atomic E-state index is 9.78. The van der Waals surface area contributed by atoms with E-state index in [9.17, 15) is 5.11 Å². The number of aryl methyl sites for hydroxylation is 1. The highest BCUT2D eigenvalue weighted by atomic mass is 16.3. The smallest absolute Gasteiger partial charge is 0.118 e. The Kier molecular flexibility index (Phi) is 3.71. The summed E-state index contributed by atoms with van der Waals surface area (Å²) in [7, 11) is 0. The van der Waals surface area contributed by atoms with Gasteiger partial charge >= 0.3 is 0 Å². The molecule has 0 aliphatic carbocycles. The van der Waals surface area contributed by atoms with Gasteiger partial charge in [-0.1, -0.05) is 62.4 Å². The van der Waals surface area contributed by atoms with Gasteiger partial charge in [-0.25, -0.2) is 0 Å². The molecule has 1 N–H and O–H groups in total. The Hall–Kier alpha value is -1.76. The summed E-state index contributed by atoms with van der Waals surface area (Å²) in [6, 6.07) is 18.1. The summed E-state index contributed by atoms with van der Waals surface area (Å²) in [4.78, 5) is 0. The second-order valence-electron chi connectivity index (χ2n) is 5.38. The van der Waals surface area contributed by atoms with Crippen molar-refractivity contribution < 1.29 is 5.11 Å². The topological polar surface area (TPSA) is 20.2 Å². The van der Waals surface area contributed by atoms with Crippen LogP contribution in [-0.4, -0.2) is 5.11 Å². The molecule has 0 unspecified atom stereocenters. The van der Waals surface area contributed by atoms with Crippen LogP contribution in [0.25, 0.3) is 0 Å². The van der Waals surface area contributed by atoms with Gasteiger partial charge < -0.3 is 5.11 Å². The Balaban J connectivity index is 2.08. The number of phenols is 1. The molecule has 0 atom stereocenters. The highest BCUT2D eigenvalue weighted by Gasteiger charge is 2.20. The van der Waals surface area contributed by atoms with Crippen molar-refractivity contribution in [3.63, 3.8) is 0 Å². The van der Waals surface area contributed by atoms with Crippen LogP contribution in [0.15, 0.2) is 54.6 Å². The monoisotopic (exact) mass is 240 g/mol. The zero-order chi connectivity index (χ0) is 13.0. The normalized spacial score (nSPS) is 11.4. The SMILES string of the molecule is CC(C)(CCc1ccccc1O)c1ccccc1. The van der Waals surface area contributed by atoms with E-state index in [0.717, 1.165) is 18.4 Å². The lowest BCUT2D eigenvalue weighted by molar-refractivity contribution is 0.449. The number of aromatic hydroxyl groups is 1. The molecule has 0 saturated heterocycles. The van der Waals surface area contributed by atoms with Crippen molar-refractivity contribution >= 4 is 0 Å². The summed E-state index contributed by atoms with van der Waals surface area (Å²) < 4.78 is 0. The standard InChI is InChI=1S/C17H20O/c1-17(2,15-9-4-3-5-10-15)13-12-14-8-6-7-11-16(14)18/h3-11,18H,12-13H2,1-2H3. The predicted molar refractivity (Wildman–Crippen MR) is 75.9 cm³/mol. The minimum absolute atomic E-state index is 0.129. The van der Waals surface area contributed by atoms with Gasteiger partial charge in [-0.15, -0.1) is 0 Å². The molecule has 18 heavy (non-hydrogen) atoms. The van der Waals surface area contributed by atoms with E-state index in [2.05, 4.69) is 38.1 Å². The van der Waals surface area contributed by atoms with Crippen LogP contribution in [0.1, 0.15) is 31.4 Å². The van der Waals surface area contributed by atoms with Gasteiger partial charge in [0.05, 0.1) is 0 Å². The summed E-state index contributed by atoms with van der Waals surface area (Å²) >= 11 is 0. The molecule has 0 saturated carbocycles. The first-order chi connectivity index (χ1) is 8.59. The molecule has 0 aromatic heterocycles. The average Bonchev–Trinajstić information content (AvgIpc) is 2.39. The maximum Gasteiger partial charge on any atom is 0.118 e. The average molecular weight is 240 g/mol. The molecule has 1 heteroatoms. The number of hydrogen-bond acceptors (Lipinski definition) is 1. The van der Waals surface area contributed by atoms with E-state index in [1.807, 2.05) is 24.3 Å². The van der Waals surface area contributed by atoms with E-state index >= 15 is 0 Å². The summed E-state index contributed by atoms with van der Waals surface area (Å²) in [5, 5.41) is 9.78. The second kappa shape index (κ2) is 5.26.